The van der Waals surface area contributed by atoms with Gasteiger partial charge < -0.3 is 10.1 Å². The van der Waals surface area contributed by atoms with Crippen molar-refractivity contribution in [3.05, 3.63) is 45.4 Å². The summed E-state index contributed by atoms with van der Waals surface area (Å²) in [6.07, 6.45) is 0.984. The quantitative estimate of drug-likeness (QED) is 0.829. The zero-order chi connectivity index (χ0) is 15.2. The van der Waals surface area contributed by atoms with Gasteiger partial charge in [0.25, 0.3) is 0 Å². The average Bonchev–Trinajstić information content (AvgIpc) is 2.93. The average molecular weight is 304 g/mol. The van der Waals surface area contributed by atoms with Crippen molar-refractivity contribution >= 4 is 11.3 Å². The molecule has 0 bridgehead atoms. The van der Waals surface area contributed by atoms with Crippen LogP contribution in [0.1, 0.15) is 48.6 Å². The maximum atomic E-state index is 6.03. The van der Waals surface area contributed by atoms with E-state index < -0.39 is 0 Å². The van der Waals surface area contributed by atoms with Gasteiger partial charge >= 0.3 is 0 Å². The third kappa shape index (κ3) is 4.29. The predicted molar refractivity (Wildman–Crippen MR) is 89.1 cm³/mol. The number of thiazole rings is 1. The van der Waals surface area contributed by atoms with E-state index in [0.717, 1.165) is 24.4 Å². The number of benzene rings is 1. The maximum absolute atomic E-state index is 6.03. The molecule has 114 valence electrons. The molecule has 21 heavy (non-hydrogen) atoms. The van der Waals surface area contributed by atoms with E-state index in [9.17, 15) is 0 Å². The molecule has 0 aliphatic rings. The second kappa shape index (κ2) is 7.57. The van der Waals surface area contributed by atoms with Crippen LogP contribution in [-0.4, -0.2) is 11.5 Å². The number of nitrogens with one attached hydrogen (secondary N) is 1. The first-order chi connectivity index (χ1) is 10.1. The van der Waals surface area contributed by atoms with Crippen molar-refractivity contribution in [1.29, 1.82) is 0 Å². The third-order valence-electron chi connectivity index (χ3n) is 3.42. The van der Waals surface area contributed by atoms with Gasteiger partial charge in [0, 0.05) is 17.0 Å². The van der Waals surface area contributed by atoms with Crippen LogP contribution in [0.15, 0.2) is 23.6 Å². The molecule has 0 aliphatic heterocycles. The second-order valence-corrected chi connectivity index (χ2v) is 6.14. The first-order valence-corrected chi connectivity index (χ1v) is 8.42. The van der Waals surface area contributed by atoms with Crippen molar-refractivity contribution in [3.8, 4) is 5.75 Å². The van der Waals surface area contributed by atoms with E-state index >= 15 is 0 Å². The van der Waals surface area contributed by atoms with Gasteiger partial charge in [-0.3, -0.25) is 0 Å². The van der Waals surface area contributed by atoms with Gasteiger partial charge in [0.1, 0.15) is 12.4 Å². The van der Waals surface area contributed by atoms with Crippen LogP contribution in [-0.2, 0) is 13.0 Å². The Kier molecular flexibility index (Phi) is 5.76. The Hall–Kier alpha value is -1.39. The van der Waals surface area contributed by atoms with Gasteiger partial charge in [0.2, 0.25) is 0 Å². The fourth-order valence-corrected chi connectivity index (χ4v) is 3.00. The normalized spacial score (nSPS) is 12.4. The molecule has 1 aromatic heterocycles. The lowest BCUT2D eigenvalue weighted by Gasteiger charge is -2.18. The highest BCUT2D eigenvalue weighted by atomic mass is 32.1. The topological polar surface area (TPSA) is 34.1 Å². The molecule has 2 rings (SSSR count). The summed E-state index contributed by atoms with van der Waals surface area (Å²) < 4.78 is 6.03. The third-order valence-corrected chi connectivity index (χ3v) is 4.47. The Bertz CT molecular complexity index is 580. The molecule has 0 fully saturated rings. The van der Waals surface area contributed by atoms with Gasteiger partial charge in [-0.05, 0) is 38.4 Å². The number of ether oxygens (including phenoxy) is 1. The summed E-state index contributed by atoms with van der Waals surface area (Å²) in [5, 5.41) is 6.69. The second-order valence-electron chi connectivity index (χ2n) is 5.20. The molecule has 1 heterocycles. The fourth-order valence-electron chi connectivity index (χ4n) is 2.27. The number of hydrogen-bond donors (Lipinski definition) is 1. The lowest BCUT2D eigenvalue weighted by atomic mass is 10.0. The van der Waals surface area contributed by atoms with E-state index in [-0.39, 0.29) is 6.04 Å². The van der Waals surface area contributed by atoms with E-state index in [2.05, 4.69) is 61.6 Å². The molecule has 1 aromatic carbocycles. The van der Waals surface area contributed by atoms with Gasteiger partial charge in [0.05, 0.1) is 10.7 Å². The molecule has 0 radical (unpaired) electrons. The van der Waals surface area contributed by atoms with Crippen LogP contribution in [0.3, 0.4) is 0 Å². The predicted octanol–water partition coefficient (Wildman–Crippen LogP) is 4.26. The molecule has 1 unspecified atom stereocenters. The van der Waals surface area contributed by atoms with Gasteiger partial charge in [-0.15, -0.1) is 11.3 Å². The van der Waals surface area contributed by atoms with E-state index in [1.165, 1.54) is 16.1 Å². The Morgan fingerprint density at radius 3 is 2.81 bits per heavy atom. The van der Waals surface area contributed by atoms with Gasteiger partial charge in [-0.2, -0.15) is 0 Å². The van der Waals surface area contributed by atoms with Crippen molar-refractivity contribution in [2.45, 2.75) is 46.8 Å². The summed E-state index contributed by atoms with van der Waals surface area (Å²) in [5.74, 6) is 0.953. The molecule has 0 spiro atoms. The van der Waals surface area contributed by atoms with Crippen LogP contribution in [0.4, 0.5) is 0 Å². The van der Waals surface area contributed by atoms with Crippen LogP contribution < -0.4 is 10.1 Å². The summed E-state index contributed by atoms with van der Waals surface area (Å²) in [6.45, 7) is 9.98. The molecule has 2 aromatic rings. The zero-order valence-corrected chi connectivity index (χ0v) is 14.1. The van der Waals surface area contributed by atoms with Crippen LogP contribution in [0.25, 0.3) is 0 Å². The summed E-state index contributed by atoms with van der Waals surface area (Å²) in [6, 6.07) is 6.67. The molecule has 1 N–H and O–H groups in total. The highest BCUT2D eigenvalue weighted by Crippen LogP contribution is 2.27. The highest BCUT2D eigenvalue weighted by Gasteiger charge is 2.12. The standard InChI is InChI=1S/C17H24N2OS/c1-5-17-19-14(11-21-17)10-20-16-9-12(3)7-8-15(16)13(4)18-6-2/h7-9,11,13,18H,5-6,10H2,1-4H3. The van der Waals surface area contributed by atoms with E-state index in [1.807, 2.05) is 0 Å². The maximum Gasteiger partial charge on any atom is 0.131 e. The fraction of sp³-hybridized carbons (Fsp3) is 0.471. The van der Waals surface area contributed by atoms with Crippen molar-refractivity contribution < 1.29 is 4.74 Å². The number of aryl methyl sites for hydroxylation is 2. The Morgan fingerprint density at radius 1 is 1.33 bits per heavy atom. The summed E-state index contributed by atoms with van der Waals surface area (Å²) >= 11 is 1.70. The molecule has 0 saturated heterocycles. The number of hydrogen-bond acceptors (Lipinski definition) is 4. The minimum atomic E-state index is 0.284. The molecular formula is C17H24N2OS. The van der Waals surface area contributed by atoms with Crippen molar-refractivity contribution in [2.75, 3.05) is 6.54 Å². The summed E-state index contributed by atoms with van der Waals surface area (Å²) in [7, 11) is 0. The van der Waals surface area contributed by atoms with Crippen LogP contribution >= 0.6 is 11.3 Å². The number of nitrogens with zero attached hydrogens (tertiary/aromatic N) is 1. The summed E-state index contributed by atoms with van der Waals surface area (Å²) in [4.78, 5) is 4.55. The molecule has 0 amide bonds. The van der Waals surface area contributed by atoms with Gasteiger partial charge in [-0.25, -0.2) is 4.98 Å². The SMILES string of the molecule is CCNC(C)c1ccc(C)cc1OCc1csc(CC)n1. The summed E-state index contributed by atoms with van der Waals surface area (Å²) in [5.41, 5.74) is 3.43. The molecule has 4 heteroatoms. The molecule has 0 saturated carbocycles. The monoisotopic (exact) mass is 304 g/mol. The van der Waals surface area contributed by atoms with E-state index in [4.69, 9.17) is 4.74 Å². The minimum absolute atomic E-state index is 0.284. The van der Waals surface area contributed by atoms with Gasteiger partial charge in [-0.1, -0.05) is 26.0 Å². The van der Waals surface area contributed by atoms with Gasteiger partial charge in [0.15, 0.2) is 0 Å². The lowest BCUT2D eigenvalue weighted by molar-refractivity contribution is 0.295. The van der Waals surface area contributed by atoms with Crippen LogP contribution in [0.2, 0.25) is 0 Å². The minimum Gasteiger partial charge on any atom is -0.487 e. The smallest absolute Gasteiger partial charge is 0.131 e. The number of aromatic nitrogens is 1. The largest absolute Gasteiger partial charge is 0.487 e. The van der Waals surface area contributed by atoms with Crippen LogP contribution in [0, 0.1) is 6.92 Å². The number of rotatable bonds is 7. The van der Waals surface area contributed by atoms with E-state index in [1.54, 1.807) is 11.3 Å². The Morgan fingerprint density at radius 2 is 2.14 bits per heavy atom. The molecule has 0 aliphatic carbocycles. The highest BCUT2D eigenvalue weighted by molar-refractivity contribution is 7.09. The lowest BCUT2D eigenvalue weighted by Crippen LogP contribution is -2.18. The van der Waals surface area contributed by atoms with Crippen molar-refractivity contribution in [3.63, 3.8) is 0 Å². The molecule has 3 nitrogen and oxygen atoms in total. The Labute approximate surface area is 131 Å². The molecular weight excluding hydrogens is 280 g/mol. The molecule has 1 atom stereocenters. The zero-order valence-electron chi connectivity index (χ0n) is 13.3. The van der Waals surface area contributed by atoms with Crippen molar-refractivity contribution in [2.24, 2.45) is 0 Å². The Balaban J connectivity index is 2.12. The first-order valence-electron chi connectivity index (χ1n) is 7.54. The first kappa shape index (κ1) is 16.0. The van der Waals surface area contributed by atoms with Crippen LogP contribution in [0.5, 0.6) is 5.75 Å². The van der Waals surface area contributed by atoms with E-state index in [0.29, 0.717) is 6.61 Å². The van der Waals surface area contributed by atoms with Crippen molar-refractivity contribution in [1.82, 2.24) is 10.3 Å².